The maximum absolute atomic E-state index is 12.2. The van der Waals surface area contributed by atoms with Crippen molar-refractivity contribution in [3.63, 3.8) is 0 Å². The van der Waals surface area contributed by atoms with Crippen LogP contribution in [0.4, 0.5) is 0 Å². The van der Waals surface area contributed by atoms with Gasteiger partial charge < -0.3 is 0 Å². The third-order valence-electron chi connectivity index (χ3n) is 4.85. The van der Waals surface area contributed by atoms with E-state index in [4.69, 9.17) is 28.2 Å². The molecule has 0 fully saturated rings. The Kier molecular flexibility index (Phi) is 6.77. The van der Waals surface area contributed by atoms with E-state index in [1.807, 2.05) is 50.2 Å². The Balaban J connectivity index is 1.87. The van der Waals surface area contributed by atoms with Crippen LogP contribution in [0.1, 0.15) is 35.6 Å². The van der Waals surface area contributed by atoms with E-state index in [1.165, 1.54) is 11.3 Å². The van der Waals surface area contributed by atoms with Crippen LogP contribution in [-0.4, -0.2) is 26.3 Å². The van der Waals surface area contributed by atoms with E-state index in [1.54, 1.807) is 22.5 Å². The summed E-state index contributed by atoms with van der Waals surface area (Å²) in [4.78, 5) is 17.1. The summed E-state index contributed by atoms with van der Waals surface area (Å²) in [6.07, 6.45) is 0.852. The second-order valence-electron chi connectivity index (χ2n) is 7.67. The average molecular weight is 502 g/mol. The third-order valence-corrected chi connectivity index (χ3v) is 7.83. The molecule has 8 heteroatoms. The molecule has 0 unspecified atom stereocenters. The quantitative estimate of drug-likeness (QED) is 0.199. The number of hydrogen-bond acceptors (Lipinski definition) is 5. The molecule has 164 valence electrons. The Hall–Kier alpha value is -2.12. The number of carbonyl (C=O) groups excluding carboxylic acids is 1. The van der Waals surface area contributed by atoms with Crippen molar-refractivity contribution in [2.45, 2.75) is 37.2 Å². The van der Waals surface area contributed by atoms with Crippen molar-refractivity contribution in [1.29, 1.82) is 0 Å². The molecule has 2 aromatic heterocycles. The first-order valence-electron chi connectivity index (χ1n) is 10.0. The number of hydrogen-bond donors (Lipinski definition) is 0. The van der Waals surface area contributed by atoms with Crippen LogP contribution in [0.3, 0.4) is 0 Å². The molecule has 0 aliphatic rings. The predicted octanol–water partition coefficient (Wildman–Crippen LogP) is 7.90. The highest BCUT2D eigenvalue weighted by Crippen LogP contribution is 2.41. The molecular weight excluding hydrogens is 481 g/mol. The minimum absolute atomic E-state index is 0.359. The number of benzene rings is 2. The van der Waals surface area contributed by atoms with Crippen molar-refractivity contribution >= 4 is 52.6 Å². The molecule has 2 aromatic carbocycles. The van der Waals surface area contributed by atoms with Crippen LogP contribution in [0, 0.1) is 13.8 Å². The second kappa shape index (κ2) is 9.40. The number of halogens is 2. The van der Waals surface area contributed by atoms with Gasteiger partial charge in [-0.15, -0.1) is 11.8 Å². The first-order chi connectivity index (χ1) is 15.3. The third kappa shape index (κ3) is 4.50. The Bertz CT molecular complexity index is 1290. The van der Waals surface area contributed by atoms with E-state index in [0.717, 1.165) is 44.1 Å². The molecule has 0 aliphatic heterocycles. The van der Waals surface area contributed by atoms with Crippen LogP contribution in [-0.2, 0) is 0 Å². The lowest BCUT2D eigenvalue weighted by molar-refractivity contribution is 0.111. The number of thiazole rings is 1. The van der Waals surface area contributed by atoms with E-state index in [9.17, 15) is 4.79 Å². The van der Waals surface area contributed by atoms with Gasteiger partial charge >= 0.3 is 0 Å². The predicted molar refractivity (Wildman–Crippen MR) is 136 cm³/mol. The van der Waals surface area contributed by atoms with Crippen LogP contribution < -0.4 is 0 Å². The van der Waals surface area contributed by atoms with Crippen LogP contribution in [0.2, 0.25) is 10.0 Å². The van der Waals surface area contributed by atoms with Crippen molar-refractivity contribution in [3.05, 3.63) is 69.5 Å². The zero-order valence-corrected chi connectivity index (χ0v) is 21.2. The standard InChI is InChI=1S/C24H21Cl2N3OS2/c1-13(2)31-23-22(17-9-10-18(25)19(26)11-17)27-24(32-23)29-20(12-30)21(15(4)28-29)16-7-5-14(3)6-8-16/h5-13H,1-4H3. The molecule has 0 saturated carbocycles. The Morgan fingerprint density at radius 1 is 1.03 bits per heavy atom. The number of nitrogens with zero attached hydrogens (tertiary/aromatic N) is 3. The van der Waals surface area contributed by atoms with E-state index in [2.05, 4.69) is 18.9 Å². The number of aryl methyl sites for hydroxylation is 2. The zero-order chi connectivity index (χ0) is 23.0. The number of thioether (sulfide) groups is 1. The number of aromatic nitrogens is 3. The largest absolute Gasteiger partial charge is 0.296 e. The molecule has 4 aromatic rings. The SMILES string of the molecule is Cc1ccc(-c2c(C)nn(-c3nc(-c4ccc(Cl)c(Cl)c4)c(SC(C)C)s3)c2C=O)cc1. The fourth-order valence-electron chi connectivity index (χ4n) is 3.38. The average Bonchev–Trinajstić information content (AvgIpc) is 3.31. The lowest BCUT2D eigenvalue weighted by Gasteiger charge is -2.05. The zero-order valence-electron chi connectivity index (χ0n) is 18.0. The van der Waals surface area contributed by atoms with Gasteiger partial charge in [-0.25, -0.2) is 9.67 Å². The fourth-order valence-corrected chi connectivity index (χ4v) is 6.17. The van der Waals surface area contributed by atoms with Gasteiger partial charge in [0.15, 0.2) is 6.29 Å². The van der Waals surface area contributed by atoms with Crippen molar-refractivity contribution in [1.82, 2.24) is 14.8 Å². The summed E-state index contributed by atoms with van der Waals surface area (Å²) in [7, 11) is 0. The van der Waals surface area contributed by atoms with E-state index < -0.39 is 0 Å². The highest BCUT2D eigenvalue weighted by Gasteiger charge is 2.23. The minimum atomic E-state index is 0.359. The Labute approximate surface area is 205 Å². The molecule has 0 saturated heterocycles. The smallest absolute Gasteiger partial charge is 0.212 e. The first-order valence-corrected chi connectivity index (χ1v) is 12.5. The second-order valence-corrected chi connectivity index (χ2v) is 11.3. The van der Waals surface area contributed by atoms with Crippen molar-refractivity contribution in [2.75, 3.05) is 0 Å². The molecule has 4 rings (SSSR count). The van der Waals surface area contributed by atoms with Gasteiger partial charge in [0.1, 0.15) is 5.69 Å². The number of carbonyl (C=O) groups is 1. The van der Waals surface area contributed by atoms with Crippen molar-refractivity contribution in [3.8, 4) is 27.5 Å². The monoisotopic (exact) mass is 501 g/mol. The summed E-state index contributed by atoms with van der Waals surface area (Å²) >= 11 is 15.6. The van der Waals surface area contributed by atoms with Crippen molar-refractivity contribution < 1.29 is 4.79 Å². The van der Waals surface area contributed by atoms with Crippen LogP contribution in [0.15, 0.2) is 46.7 Å². The Morgan fingerprint density at radius 2 is 1.72 bits per heavy atom. The summed E-state index contributed by atoms with van der Waals surface area (Å²) in [6, 6.07) is 13.6. The van der Waals surface area contributed by atoms with Gasteiger partial charge in [-0.3, -0.25) is 4.79 Å². The van der Waals surface area contributed by atoms with Crippen molar-refractivity contribution in [2.24, 2.45) is 0 Å². The first kappa shape index (κ1) is 23.1. The lowest BCUT2D eigenvalue weighted by Crippen LogP contribution is -2.01. The molecule has 0 N–H and O–H groups in total. The normalized spacial score (nSPS) is 11.3. The van der Waals surface area contributed by atoms with E-state index in [0.29, 0.717) is 26.1 Å². The van der Waals surface area contributed by atoms with Gasteiger partial charge in [-0.1, -0.05) is 84.3 Å². The maximum Gasteiger partial charge on any atom is 0.212 e. The highest BCUT2D eigenvalue weighted by molar-refractivity contribution is 8.01. The molecule has 32 heavy (non-hydrogen) atoms. The topological polar surface area (TPSA) is 47.8 Å². The molecule has 0 atom stereocenters. The van der Waals surface area contributed by atoms with E-state index >= 15 is 0 Å². The summed E-state index contributed by atoms with van der Waals surface area (Å²) in [5, 5.41) is 6.66. The number of aldehydes is 1. The van der Waals surface area contributed by atoms with Gasteiger partial charge in [-0.2, -0.15) is 5.10 Å². The maximum atomic E-state index is 12.2. The summed E-state index contributed by atoms with van der Waals surface area (Å²) in [6.45, 7) is 8.21. The molecular formula is C24H21Cl2N3OS2. The van der Waals surface area contributed by atoms with Gasteiger partial charge in [-0.05, 0) is 31.5 Å². The molecule has 0 aliphatic carbocycles. The van der Waals surface area contributed by atoms with E-state index in [-0.39, 0.29) is 0 Å². The lowest BCUT2D eigenvalue weighted by atomic mass is 10.0. The van der Waals surface area contributed by atoms with Gasteiger partial charge in [0.05, 0.1) is 25.6 Å². The van der Waals surface area contributed by atoms with Gasteiger partial charge in [0, 0.05) is 16.4 Å². The minimum Gasteiger partial charge on any atom is -0.296 e. The number of rotatable bonds is 6. The summed E-state index contributed by atoms with van der Waals surface area (Å²) < 4.78 is 2.68. The van der Waals surface area contributed by atoms with Crippen LogP contribution >= 0.6 is 46.3 Å². The van der Waals surface area contributed by atoms with Gasteiger partial charge in [0.2, 0.25) is 5.13 Å². The Morgan fingerprint density at radius 3 is 2.34 bits per heavy atom. The highest BCUT2D eigenvalue weighted by atomic mass is 35.5. The molecule has 0 radical (unpaired) electrons. The molecule has 2 heterocycles. The van der Waals surface area contributed by atoms with Crippen LogP contribution in [0.5, 0.6) is 0 Å². The molecule has 4 nitrogen and oxygen atoms in total. The van der Waals surface area contributed by atoms with Gasteiger partial charge in [0.25, 0.3) is 0 Å². The van der Waals surface area contributed by atoms with Crippen LogP contribution in [0.25, 0.3) is 27.5 Å². The molecule has 0 spiro atoms. The summed E-state index contributed by atoms with van der Waals surface area (Å²) in [5.74, 6) is 0. The summed E-state index contributed by atoms with van der Waals surface area (Å²) in [5.41, 5.74) is 5.89. The molecule has 0 amide bonds. The molecule has 0 bridgehead atoms. The fraction of sp³-hybridized carbons (Fsp3) is 0.208.